The van der Waals surface area contributed by atoms with Crippen molar-refractivity contribution in [3.05, 3.63) is 143 Å². The minimum Gasteiger partial charge on any atom is -0.390 e. The molecule has 5 rings (SSSR count). The Morgan fingerprint density at radius 2 is 1.46 bits per heavy atom. The number of halogens is 2. The van der Waals surface area contributed by atoms with Gasteiger partial charge in [0, 0.05) is 24.6 Å². The molecule has 1 aliphatic heterocycles. The van der Waals surface area contributed by atoms with Gasteiger partial charge in [-0.05, 0) is 22.8 Å². The molecule has 0 saturated heterocycles. The van der Waals surface area contributed by atoms with Gasteiger partial charge in [-0.3, -0.25) is 4.79 Å². The van der Waals surface area contributed by atoms with Gasteiger partial charge in [-0.2, -0.15) is 0 Å². The third-order valence-electron chi connectivity index (χ3n) is 6.46. The second-order valence-corrected chi connectivity index (χ2v) is 9.04. The molecule has 0 aromatic heterocycles. The van der Waals surface area contributed by atoms with Crippen LogP contribution in [0.3, 0.4) is 0 Å². The van der Waals surface area contributed by atoms with Crippen molar-refractivity contribution in [2.24, 2.45) is 5.16 Å². The van der Waals surface area contributed by atoms with Gasteiger partial charge in [0.05, 0.1) is 18.2 Å². The van der Waals surface area contributed by atoms with Crippen molar-refractivity contribution in [1.82, 2.24) is 4.90 Å². The van der Waals surface area contributed by atoms with Gasteiger partial charge in [0.25, 0.3) is 0 Å². The highest BCUT2D eigenvalue weighted by atomic mass is 19.1. The highest BCUT2D eigenvalue weighted by Gasteiger charge is 2.32. The summed E-state index contributed by atoms with van der Waals surface area (Å²) in [6.45, 7) is 0.174. The van der Waals surface area contributed by atoms with E-state index in [1.807, 2.05) is 91.0 Å². The van der Waals surface area contributed by atoms with Gasteiger partial charge < -0.3 is 9.74 Å². The largest absolute Gasteiger partial charge is 0.390 e. The molecule has 0 bridgehead atoms. The lowest BCUT2D eigenvalue weighted by atomic mass is 9.89. The Hall–Kier alpha value is -4.32. The lowest BCUT2D eigenvalue weighted by molar-refractivity contribution is -0.134. The second-order valence-electron chi connectivity index (χ2n) is 9.04. The summed E-state index contributed by atoms with van der Waals surface area (Å²) in [5.41, 5.74) is 3.65. The first-order chi connectivity index (χ1) is 18.1. The third-order valence-corrected chi connectivity index (χ3v) is 6.46. The predicted molar refractivity (Wildman–Crippen MR) is 139 cm³/mol. The number of rotatable bonds is 8. The first kappa shape index (κ1) is 24.4. The summed E-state index contributed by atoms with van der Waals surface area (Å²) >= 11 is 0. The maximum Gasteiger partial charge on any atom is 0.235 e. The SMILES string of the molecule is O=C(C(c1ccccc1)c1ccccc1)N(Cc1ccc(F)cc1F)C[C@@H]1CC(c2ccccc2)=NO1. The van der Waals surface area contributed by atoms with E-state index >= 15 is 0 Å². The van der Waals surface area contributed by atoms with Crippen LogP contribution in [0.4, 0.5) is 8.78 Å². The standard InChI is InChI=1S/C31H26F2N2O2/c32-26-17-16-25(28(33)18-26)20-35(21-27-19-29(34-37-27)22-10-4-1-5-11-22)31(36)30(23-12-6-2-7-13-23)24-14-8-3-9-15-24/h1-18,27,30H,19-21H2/t27-/m0/s1. The average molecular weight is 497 g/mol. The maximum atomic E-state index is 14.7. The van der Waals surface area contributed by atoms with Crippen LogP contribution in [0.5, 0.6) is 0 Å². The molecule has 1 atom stereocenters. The van der Waals surface area contributed by atoms with E-state index in [9.17, 15) is 13.6 Å². The monoisotopic (exact) mass is 496 g/mol. The molecule has 1 amide bonds. The van der Waals surface area contributed by atoms with Gasteiger partial charge in [0.1, 0.15) is 11.6 Å². The minimum atomic E-state index is -0.692. The number of nitrogens with zero attached hydrogens (tertiary/aromatic N) is 2. The molecule has 4 aromatic carbocycles. The van der Waals surface area contributed by atoms with Crippen LogP contribution in [-0.4, -0.2) is 29.2 Å². The van der Waals surface area contributed by atoms with Gasteiger partial charge in [0.15, 0.2) is 6.10 Å². The van der Waals surface area contributed by atoms with Crippen LogP contribution in [0, 0.1) is 11.6 Å². The van der Waals surface area contributed by atoms with Crippen molar-refractivity contribution >= 4 is 11.6 Å². The summed E-state index contributed by atoms with van der Waals surface area (Å²) in [6.07, 6.45) is 0.121. The molecule has 0 aliphatic carbocycles. The Balaban J connectivity index is 1.45. The third kappa shape index (κ3) is 5.75. The van der Waals surface area contributed by atoms with Crippen LogP contribution in [0.1, 0.15) is 34.6 Å². The van der Waals surface area contributed by atoms with Crippen LogP contribution < -0.4 is 0 Å². The van der Waals surface area contributed by atoms with E-state index in [1.165, 1.54) is 12.1 Å². The van der Waals surface area contributed by atoms with Gasteiger partial charge in [-0.15, -0.1) is 0 Å². The molecule has 0 fully saturated rings. The molecule has 0 unspecified atom stereocenters. The Labute approximate surface area is 214 Å². The van der Waals surface area contributed by atoms with Crippen molar-refractivity contribution in [2.45, 2.75) is 25.0 Å². The predicted octanol–water partition coefficient (Wildman–Crippen LogP) is 6.32. The van der Waals surface area contributed by atoms with Crippen LogP contribution in [0.15, 0.2) is 114 Å². The molecule has 0 spiro atoms. The quantitative estimate of drug-likeness (QED) is 0.287. The number of oxime groups is 1. The van der Waals surface area contributed by atoms with Crippen molar-refractivity contribution in [3.63, 3.8) is 0 Å². The summed E-state index contributed by atoms with van der Waals surface area (Å²) in [7, 11) is 0. The maximum absolute atomic E-state index is 14.7. The summed E-state index contributed by atoms with van der Waals surface area (Å²) in [4.78, 5) is 21.5. The van der Waals surface area contributed by atoms with E-state index in [0.29, 0.717) is 6.42 Å². The lowest BCUT2D eigenvalue weighted by Gasteiger charge is -2.30. The molecule has 0 saturated carbocycles. The average Bonchev–Trinajstić information content (AvgIpc) is 3.40. The molecule has 186 valence electrons. The van der Waals surface area contributed by atoms with E-state index in [4.69, 9.17) is 4.84 Å². The summed E-state index contributed by atoms with van der Waals surface area (Å²) in [5.74, 6) is -2.15. The Morgan fingerprint density at radius 3 is 2.05 bits per heavy atom. The molecule has 4 nitrogen and oxygen atoms in total. The topological polar surface area (TPSA) is 41.9 Å². The number of amides is 1. The van der Waals surface area contributed by atoms with Crippen LogP contribution in [-0.2, 0) is 16.2 Å². The molecule has 0 N–H and O–H groups in total. The Bertz CT molecular complexity index is 1340. The number of benzene rings is 4. The highest BCUT2D eigenvalue weighted by molar-refractivity contribution is 6.01. The highest BCUT2D eigenvalue weighted by Crippen LogP contribution is 2.29. The Morgan fingerprint density at radius 1 is 0.865 bits per heavy atom. The number of carbonyl (C=O) groups excluding carboxylic acids is 1. The molecule has 4 aromatic rings. The molecule has 6 heteroatoms. The lowest BCUT2D eigenvalue weighted by Crippen LogP contribution is -2.40. The zero-order valence-corrected chi connectivity index (χ0v) is 20.1. The van der Waals surface area contributed by atoms with Gasteiger partial charge >= 0.3 is 0 Å². The summed E-state index contributed by atoms with van der Waals surface area (Å²) in [6, 6.07) is 32.2. The Kier molecular flexibility index (Phi) is 7.36. The smallest absolute Gasteiger partial charge is 0.235 e. The fourth-order valence-electron chi connectivity index (χ4n) is 4.61. The molecule has 1 aliphatic rings. The summed E-state index contributed by atoms with van der Waals surface area (Å²) in [5, 5.41) is 4.25. The van der Waals surface area contributed by atoms with Crippen LogP contribution in [0.2, 0.25) is 0 Å². The number of hydrogen-bond acceptors (Lipinski definition) is 3. The van der Waals surface area contributed by atoms with Gasteiger partial charge in [-0.25, -0.2) is 8.78 Å². The normalized spacial score (nSPS) is 14.8. The van der Waals surface area contributed by atoms with Crippen LogP contribution >= 0.6 is 0 Å². The van der Waals surface area contributed by atoms with Crippen molar-refractivity contribution in [1.29, 1.82) is 0 Å². The second kappa shape index (κ2) is 11.2. The van der Waals surface area contributed by atoms with Crippen molar-refractivity contribution in [2.75, 3.05) is 6.54 Å². The number of hydrogen-bond donors (Lipinski definition) is 0. The van der Waals surface area contributed by atoms with Gasteiger partial charge in [0.2, 0.25) is 5.91 Å². The molecule has 0 radical (unpaired) electrons. The van der Waals surface area contributed by atoms with E-state index in [2.05, 4.69) is 5.16 Å². The van der Waals surface area contributed by atoms with E-state index in [1.54, 1.807) is 4.90 Å². The molecule has 1 heterocycles. The van der Waals surface area contributed by atoms with E-state index < -0.39 is 23.7 Å². The van der Waals surface area contributed by atoms with Gasteiger partial charge in [-0.1, -0.05) is 102 Å². The molecular weight excluding hydrogens is 470 g/mol. The first-order valence-corrected chi connectivity index (χ1v) is 12.2. The molecular formula is C31H26F2N2O2. The first-order valence-electron chi connectivity index (χ1n) is 12.2. The molecule has 37 heavy (non-hydrogen) atoms. The summed E-state index contributed by atoms with van der Waals surface area (Å²) < 4.78 is 28.3. The minimum absolute atomic E-state index is 0.0261. The fourth-order valence-corrected chi connectivity index (χ4v) is 4.61. The van der Waals surface area contributed by atoms with Crippen LogP contribution in [0.25, 0.3) is 0 Å². The van der Waals surface area contributed by atoms with E-state index in [0.717, 1.165) is 28.5 Å². The zero-order valence-electron chi connectivity index (χ0n) is 20.1. The van der Waals surface area contributed by atoms with Crippen molar-refractivity contribution < 1.29 is 18.4 Å². The number of carbonyl (C=O) groups is 1. The van der Waals surface area contributed by atoms with Crippen molar-refractivity contribution in [3.8, 4) is 0 Å². The van der Waals surface area contributed by atoms with E-state index in [-0.39, 0.29) is 24.6 Å². The zero-order chi connectivity index (χ0) is 25.6. The fraction of sp³-hybridized carbons (Fsp3) is 0.161.